The molecule has 2 heteroatoms. The zero-order valence-electron chi connectivity index (χ0n) is 14.3. The Kier molecular flexibility index (Phi) is 5.32. The first-order valence-corrected chi connectivity index (χ1v) is 8.27. The zero-order valence-corrected chi connectivity index (χ0v) is 14.3. The van der Waals surface area contributed by atoms with E-state index in [4.69, 9.17) is 4.74 Å². The van der Waals surface area contributed by atoms with Gasteiger partial charge in [-0.1, -0.05) is 39.0 Å². The van der Waals surface area contributed by atoms with Gasteiger partial charge >= 0.3 is 0 Å². The van der Waals surface area contributed by atoms with Gasteiger partial charge in [-0.3, -0.25) is 0 Å². The highest BCUT2D eigenvalue weighted by molar-refractivity contribution is 5.33. The van der Waals surface area contributed by atoms with Crippen LogP contribution >= 0.6 is 0 Å². The van der Waals surface area contributed by atoms with E-state index in [0.717, 1.165) is 18.1 Å². The van der Waals surface area contributed by atoms with Crippen LogP contribution < -0.4 is 10.1 Å². The van der Waals surface area contributed by atoms with Crippen molar-refractivity contribution in [3.05, 3.63) is 29.8 Å². The summed E-state index contributed by atoms with van der Waals surface area (Å²) in [4.78, 5) is 0. The van der Waals surface area contributed by atoms with Gasteiger partial charge in [-0.2, -0.15) is 0 Å². The average Bonchev–Trinajstić information content (AvgIpc) is 2.36. The fraction of sp³-hybridized carbons (Fsp3) is 0.684. The van der Waals surface area contributed by atoms with Crippen molar-refractivity contribution in [1.29, 1.82) is 0 Å². The largest absolute Gasteiger partial charge is 0.496 e. The van der Waals surface area contributed by atoms with E-state index >= 15 is 0 Å². The summed E-state index contributed by atoms with van der Waals surface area (Å²) in [7, 11) is 1.75. The predicted octanol–water partition coefficient (Wildman–Crippen LogP) is 4.43. The molecule has 21 heavy (non-hydrogen) atoms. The predicted molar refractivity (Wildman–Crippen MR) is 89.9 cm³/mol. The Bertz CT molecular complexity index is 455. The Morgan fingerprint density at radius 1 is 1.29 bits per heavy atom. The Morgan fingerprint density at radius 2 is 2.00 bits per heavy atom. The molecule has 0 radical (unpaired) electrons. The van der Waals surface area contributed by atoms with Gasteiger partial charge in [0.15, 0.2) is 0 Å². The second kappa shape index (κ2) is 6.83. The molecule has 0 heterocycles. The quantitative estimate of drug-likeness (QED) is 0.865. The summed E-state index contributed by atoms with van der Waals surface area (Å²) in [5.41, 5.74) is 1.77. The molecule has 1 aromatic carbocycles. The maximum absolute atomic E-state index is 5.46. The summed E-state index contributed by atoms with van der Waals surface area (Å²) in [6.07, 6.45) is 4.97. The summed E-state index contributed by atoms with van der Waals surface area (Å²) in [6.45, 7) is 9.49. The highest BCUT2D eigenvalue weighted by Crippen LogP contribution is 2.38. The third-order valence-corrected chi connectivity index (χ3v) is 4.63. The summed E-state index contributed by atoms with van der Waals surface area (Å²) in [5, 5.41) is 3.85. The maximum Gasteiger partial charge on any atom is 0.122 e. The fourth-order valence-electron chi connectivity index (χ4n) is 4.14. The molecule has 1 aromatic rings. The molecule has 0 saturated heterocycles. The number of methoxy groups -OCH3 is 1. The van der Waals surface area contributed by atoms with Gasteiger partial charge in [0.05, 0.1) is 7.11 Å². The molecule has 3 unspecified atom stereocenters. The van der Waals surface area contributed by atoms with Crippen molar-refractivity contribution < 1.29 is 4.74 Å². The Balaban J connectivity index is 1.93. The van der Waals surface area contributed by atoms with Crippen LogP contribution in [0.1, 0.15) is 52.5 Å². The van der Waals surface area contributed by atoms with Gasteiger partial charge in [-0.15, -0.1) is 0 Å². The molecule has 0 amide bonds. The highest BCUT2D eigenvalue weighted by atomic mass is 16.5. The van der Waals surface area contributed by atoms with E-state index < -0.39 is 0 Å². The lowest BCUT2D eigenvalue weighted by Gasteiger charge is -2.40. The first kappa shape index (κ1) is 16.4. The van der Waals surface area contributed by atoms with E-state index in [1.165, 1.54) is 24.8 Å². The van der Waals surface area contributed by atoms with Crippen molar-refractivity contribution in [2.75, 3.05) is 7.11 Å². The van der Waals surface area contributed by atoms with Gasteiger partial charge in [0.2, 0.25) is 0 Å². The number of para-hydroxylation sites is 1. The van der Waals surface area contributed by atoms with Crippen LogP contribution in [0.3, 0.4) is 0 Å². The van der Waals surface area contributed by atoms with Crippen molar-refractivity contribution in [3.63, 3.8) is 0 Å². The average molecular weight is 289 g/mol. The summed E-state index contributed by atoms with van der Waals surface area (Å²) >= 11 is 0. The van der Waals surface area contributed by atoms with Crippen LogP contribution in [0.25, 0.3) is 0 Å². The first-order chi connectivity index (χ1) is 9.89. The lowest BCUT2D eigenvalue weighted by atomic mass is 9.70. The standard InChI is InChI=1S/C19H31NO/c1-14-10-17(13-19(3,4)12-14)20-15(2)11-16-8-6-7-9-18(16)21-5/h6-9,14-15,17,20H,10-13H2,1-5H3. The molecule has 1 N–H and O–H groups in total. The van der Waals surface area contributed by atoms with Gasteiger partial charge in [-0.25, -0.2) is 0 Å². The van der Waals surface area contributed by atoms with E-state index in [-0.39, 0.29) is 0 Å². The molecule has 0 aromatic heterocycles. The number of nitrogens with one attached hydrogen (secondary N) is 1. The molecule has 0 aliphatic heterocycles. The number of hydrogen-bond donors (Lipinski definition) is 1. The fourth-order valence-corrected chi connectivity index (χ4v) is 4.14. The summed E-state index contributed by atoms with van der Waals surface area (Å²) in [5.74, 6) is 1.83. The number of hydrogen-bond acceptors (Lipinski definition) is 2. The Morgan fingerprint density at radius 3 is 2.67 bits per heavy atom. The Hall–Kier alpha value is -1.02. The van der Waals surface area contributed by atoms with E-state index in [0.29, 0.717) is 17.5 Å². The molecular formula is C19H31NO. The zero-order chi connectivity index (χ0) is 15.5. The Labute approximate surface area is 130 Å². The van der Waals surface area contributed by atoms with Crippen molar-refractivity contribution in [3.8, 4) is 5.75 Å². The number of benzene rings is 1. The minimum Gasteiger partial charge on any atom is -0.496 e. The number of ether oxygens (including phenoxy) is 1. The van der Waals surface area contributed by atoms with Crippen molar-refractivity contribution in [1.82, 2.24) is 5.32 Å². The second-order valence-electron chi connectivity index (χ2n) is 7.69. The number of rotatable bonds is 5. The van der Waals surface area contributed by atoms with Crippen LogP contribution in [-0.4, -0.2) is 19.2 Å². The topological polar surface area (TPSA) is 21.3 Å². The van der Waals surface area contributed by atoms with Crippen molar-refractivity contribution >= 4 is 0 Å². The molecule has 2 rings (SSSR count). The van der Waals surface area contributed by atoms with Crippen molar-refractivity contribution in [2.45, 2.75) is 65.5 Å². The van der Waals surface area contributed by atoms with Gasteiger partial charge in [0.25, 0.3) is 0 Å². The normalized spacial score (nSPS) is 26.3. The van der Waals surface area contributed by atoms with Crippen LogP contribution in [0.5, 0.6) is 5.75 Å². The minimum absolute atomic E-state index is 0.472. The SMILES string of the molecule is COc1ccccc1CC(C)NC1CC(C)CC(C)(C)C1. The lowest BCUT2D eigenvalue weighted by Crippen LogP contribution is -2.44. The molecule has 1 aliphatic carbocycles. The molecule has 0 bridgehead atoms. The van der Waals surface area contributed by atoms with E-state index in [2.05, 4.69) is 45.1 Å². The van der Waals surface area contributed by atoms with E-state index in [1.807, 2.05) is 12.1 Å². The first-order valence-electron chi connectivity index (χ1n) is 8.27. The molecule has 0 spiro atoms. The molecular weight excluding hydrogens is 258 g/mol. The third-order valence-electron chi connectivity index (χ3n) is 4.63. The monoisotopic (exact) mass is 289 g/mol. The van der Waals surface area contributed by atoms with E-state index in [1.54, 1.807) is 7.11 Å². The van der Waals surface area contributed by atoms with Crippen LogP contribution in [-0.2, 0) is 6.42 Å². The van der Waals surface area contributed by atoms with Crippen LogP contribution in [0.15, 0.2) is 24.3 Å². The summed E-state index contributed by atoms with van der Waals surface area (Å²) in [6, 6.07) is 9.47. The van der Waals surface area contributed by atoms with Crippen LogP contribution in [0, 0.1) is 11.3 Å². The second-order valence-corrected chi connectivity index (χ2v) is 7.69. The molecule has 118 valence electrons. The summed E-state index contributed by atoms with van der Waals surface area (Å²) < 4.78 is 5.46. The van der Waals surface area contributed by atoms with Crippen LogP contribution in [0.2, 0.25) is 0 Å². The minimum atomic E-state index is 0.472. The lowest BCUT2D eigenvalue weighted by molar-refractivity contribution is 0.145. The van der Waals surface area contributed by atoms with E-state index in [9.17, 15) is 0 Å². The molecule has 1 saturated carbocycles. The van der Waals surface area contributed by atoms with Gasteiger partial charge in [0.1, 0.15) is 5.75 Å². The molecule has 1 fully saturated rings. The highest BCUT2D eigenvalue weighted by Gasteiger charge is 2.32. The molecule has 3 atom stereocenters. The third kappa shape index (κ3) is 4.74. The van der Waals surface area contributed by atoms with Gasteiger partial charge < -0.3 is 10.1 Å². The van der Waals surface area contributed by atoms with Crippen LogP contribution in [0.4, 0.5) is 0 Å². The van der Waals surface area contributed by atoms with Crippen molar-refractivity contribution in [2.24, 2.45) is 11.3 Å². The molecule has 2 nitrogen and oxygen atoms in total. The smallest absolute Gasteiger partial charge is 0.122 e. The van der Waals surface area contributed by atoms with Gasteiger partial charge in [-0.05, 0) is 55.6 Å². The molecule has 1 aliphatic rings. The van der Waals surface area contributed by atoms with Gasteiger partial charge in [0, 0.05) is 12.1 Å². The maximum atomic E-state index is 5.46.